The Bertz CT molecular complexity index is 730. The van der Waals surface area contributed by atoms with Crippen LogP contribution in [0.5, 0.6) is 0 Å². The third-order valence-electron chi connectivity index (χ3n) is 5.23. The Labute approximate surface area is 138 Å². The molecule has 1 heterocycles. The molecule has 1 saturated carbocycles. The van der Waals surface area contributed by atoms with Gasteiger partial charge in [-0.1, -0.05) is 18.2 Å². The number of rotatable bonds is 4. The average molecular weight is 328 g/mol. The van der Waals surface area contributed by atoms with Gasteiger partial charge in [-0.25, -0.2) is 4.39 Å². The summed E-state index contributed by atoms with van der Waals surface area (Å²) in [6.07, 6.45) is 4.98. The van der Waals surface area contributed by atoms with E-state index < -0.39 is 5.82 Å². The zero-order valence-electron chi connectivity index (χ0n) is 12.9. The van der Waals surface area contributed by atoms with Gasteiger partial charge in [-0.3, -0.25) is 19.3 Å². The van der Waals surface area contributed by atoms with E-state index >= 15 is 0 Å². The number of anilines is 1. The summed E-state index contributed by atoms with van der Waals surface area (Å²) in [5, 5.41) is 2.58. The van der Waals surface area contributed by atoms with Crippen LogP contribution in [-0.2, 0) is 14.4 Å². The normalized spacial score (nSPS) is 30.1. The van der Waals surface area contributed by atoms with Gasteiger partial charge in [-0.15, -0.1) is 0 Å². The monoisotopic (exact) mass is 328 g/mol. The molecule has 4 rings (SSSR count). The SMILES string of the molecule is O=C(CCN1C(=O)[C@H]2[C@H](C1=O)[C@H]1C=C[C@H]2C1)Nc1cccc(F)c1. The lowest BCUT2D eigenvalue weighted by Crippen LogP contribution is -2.35. The van der Waals surface area contributed by atoms with Gasteiger partial charge in [-0.2, -0.15) is 0 Å². The second-order valence-electron chi connectivity index (χ2n) is 6.64. The molecule has 1 saturated heterocycles. The van der Waals surface area contributed by atoms with Crippen LogP contribution in [0.1, 0.15) is 12.8 Å². The molecule has 0 aromatic heterocycles. The van der Waals surface area contributed by atoms with E-state index in [1.807, 2.05) is 12.2 Å². The number of halogens is 1. The Hall–Kier alpha value is -2.50. The maximum atomic E-state index is 13.1. The molecule has 1 aliphatic heterocycles. The molecular weight excluding hydrogens is 311 g/mol. The molecule has 24 heavy (non-hydrogen) atoms. The fourth-order valence-corrected chi connectivity index (χ4v) is 4.19. The predicted molar refractivity (Wildman–Crippen MR) is 84.1 cm³/mol. The summed E-state index contributed by atoms with van der Waals surface area (Å²) >= 11 is 0. The Morgan fingerprint density at radius 3 is 2.46 bits per heavy atom. The standard InChI is InChI=1S/C18H17FN2O3/c19-12-2-1-3-13(9-12)20-14(22)6-7-21-17(23)15-10-4-5-11(8-10)16(15)18(21)24/h1-5,9-11,15-16H,6-8H2,(H,20,22)/t10-,11-,15+,16+/m0/s1. The van der Waals surface area contributed by atoms with Crippen LogP contribution in [0.4, 0.5) is 10.1 Å². The molecule has 4 atom stereocenters. The molecule has 2 bridgehead atoms. The third kappa shape index (κ3) is 2.33. The van der Waals surface area contributed by atoms with Crippen molar-refractivity contribution in [1.82, 2.24) is 4.90 Å². The molecule has 3 amide bonds. The Morgan fingerprint density at radius 1 is 1.17 bits per heavy atom. The molecule has 1 N–H and O–H groups in total. The minimum Gasteiger partial charge on any atom is -0.326 e. The minimum atomic E-state index is -0.437. The molecule has 124 valence electrons. The summed E-state index contributed by atoms with van der Waals surface area (Å²) < 4.78 is 13.1. The number of hydrogen-bond acceptors (Lipinski definition) is 3. The number of hydrogen-bond donors (Lipinski definition) is 1. The van der Waals surface area contributed by atoms with Crippen LogP contribution in [-0.4, -0.2) is 29.2 Å². The van der Waals surface area contributed by atoms with Gasteiger partial charge in [0, 0.05) is 18.7 Å². The van der Waals surface area contributed by atoms with E-state index in [2.05, 4.69) is 5.32 Å². The highest BCUT2D eigenvalue weighted by Gasteiger charge is 2.58. The molecule has 2 fully saturated rings. The van der Waals surface area contributed by atoms with Crippen molar-refractivity contribution in [3.05, 3.63) is 42.2 Å². The maximum Gasteiger partial charge on any atom is 0.233 e. The zero-order valence-corrected chi connectivity index (χ0v) is 12.9. The molecule has 1 aromatic rings. The number of carbonyl (C=O) groups excluding carboxylic acids is 3. The minimum absolute atomic E-state index is 0.0101. The molecule has 3 aliphatic rings. The first-order chi connectivity index (χ1) is 11.5. The van der Waals surface area contributed by atoms with E-state index in [0.717, 1.165) is 6.42 Å². The van der Waals surface area contributed by atoms with Crippen molar-refractivity contribution in [3.8, 4) is 0 Å². The van der Waals surface area contributed by atoms with Crippen LogP contribution in [0.25, 0.3) is 0 Å². The van der Waals surface area contributed by atoms with Crippen molar-refractivity contribution in [2.45, 2.75) is 12.8 Å². The number of nitrogens with zero attached hydrogens (tertiary/aromatic N) is 1. The fraction of sp³-hybridized carbons (Fsp3) is 0.389. The second kappa shape index (κ2) is 5.54. The largest absolute Gasteiger partial charge is 0.326 e. The van der Waals surface area contributed by atoms with Crippen LogP contribution in [0, 0.1) is 29.5 Å². The zero-order chi connectivity index (χ0) is 16.8. The number of carbonyl (C=O) groups is 3. The fourth-order valence-electron chi connectivity index (χ4n) is 4.19. The quantitative estimate of drug-likeness (QED) is 0.679. The number of imide groups is 1. The van der Waals surface area contributed by atoms with Crippen molar-refractivity contribution in [1.29, 1.82) is 0 Å². The number of benzene rings is 1. The molecule has 6 heteroatoms. The summed E-state index contributed by atoms with van der Waals surface area (Å²) in [5.41, 5.74) is 0.359. The van der Waals surface area contributed by atoms with Crippen molar-refractivity contribution in [2.24, 2.45) is 23.7 Å². The maximum absolute atomic E-state index is 13.1. The van der Waals surface area contributed by atoms with Crippen LogP contribution in [0.15, 0.2) is 36.4 Å². The number of fused-ring (bicyclic) bond motifs is 5. The van der Waals surface area contributed by atoms with Gasteiger partial charge >= 0.3 is 0 Å². The molecule has 2 aliphatic carbocycles. The van der Waals surface area contributed by atoms with Gasteiger partial charge in [0.05, 0.1) is 11.8 Å². The van der Waals surface area contributed by atoms with Crippen molar-refractivity contribution in [3.63, 3.8) is 0 Å². The average Bonchev–Trinajstić information content (AvgIpc) is 3.20. The molecular formula is C18H17FN2O3. The van der Waals surface area contributed by atoms with E-state index in [-0.39, 0.29) is 54.4 Å². The number of amides is 3. The topological polar surface area (TPSA) is 66.5 Å². The van der Waals surface area contributed by atoms with E-state index in [0.29, 0.717) is 5.69 Å². The number of likely N-dealkylation sites (tertiary alicyclic amines) is 1. The number of nitrogens with one attached hydrogen (secondary N) is 1. The van der Waals surface area contributed by atoms with Crippen LogP contribution < -0.4 is 5.32 Å². The van der Waals surface area contributed by atoms with Gasteiger partial charge in [-0.05, 0) is 36.5 Å². The van der Waals surface area contributed by atoms with E-state index in [1.54, 1.807) is 6.07 Å². The van der Waals surface area contributed by atoms with Crippen molar-refractivity contribution >= 4 is 23.4 Å². The summed E-state index contributed by atoms with van der Waals surface area (Å²) in [4.78, 5) is 38.2. The van der Waals surface area contributed by atoms with Crippen LogP contribution in [0.3, 0.4) is 0 Å². The van der Waals surface area contributed by atoms with Gasteiger partial charge in [0.15, 0.2) is 0 Å². The highest BCUT2D eigenvalue weighted by Crippen LogP contribution is 2.52. The van der Waals surface area contributed by atoms with Gasteiger partial charge < -0.3 is 5.32 Å². The first kappa shape index (κ1) is 15.1. The van der Waals surface area contributed by atoms with Crippen LogP contribution >= 0.6 is 0 Å². The third-order valence-corrected chi connectivity index (χ3v) is 5.23. The van der Waals surface area contributed by atoms with Crippen molar-refractivity contribution in [2.75, 3.05) is 11.9 Å². The predicted octanol–water partition coefficient (Wildman–Crippen LogP) is 1.96. The van der Waals surface area contributed by atoms with E-state index in [1.165, 1.54) is 23.1 Å². The summed E-state index contributed by atoms with van der Waals surface area (Å²) in [6, 6.07) is 5.60. The lowest BCUT2D eigenvalue weighted by atomic mass is 9.85. The summed E-state index contributed by atoms with van der Waals surface area (Å²) in [7, 11) is 0. The second-order valence-corrected chi connectivity index (χ2v) is 6.64. The highest BCUT2D eigenvalue weighted by molar-refractivity contribution is 6.06. The molecule has 0 unspecified atom stereocenters. The summed E-state index contributed by atoms with van der Waals surface area (Å²) in [6.45, 7) is 0.0747. The van der Waals surface area contributed by atoms with Crippen molar-refractivity contribution < 1.29 is 18.8 Å². The lowest BCUT2D eigenvalue weighted by Gasteiger charge is -2.16. The Morgan fingerprint density at radius 2 is 1.83 bits per heavy atom. The molecule has 0 spiro atoms. The van der Waals surface area contributed by atoms with Gasteiger partial charge in [0.2, 0.25) is 17.7 Å². The first-order valence-corrected chi connectivity index (χ1v) is 8.13. The Balaban J connectivity index is 1.37. The molecule has 0 radical (unpaired) electrons. The summed E-state index contributed by atoms with van der Waals surface area (Å²) in [5.74, 6) is -1.23. The van der Waals surface area contributed by atoms with E-state index in [4.69, 9.17) is 0 Å². The molecule has 5 nitrogen and oxygen atoms in total. The Kier molecular flexibility index (Phi) is 3.48. The van der Waals surface area contributed by atoms with Crippen LogP contribution in [0.2, 0.25) is 0 Å². The smallest absolute Gasteiger partial charge is 0.233 e. The highest BCUT2D eigenvalue weighted by atomic mass is 19.1. The van der Waals surface area contributed by atoms with Gasteiger partial charge in [0.1, 0.15) is 5.82 Å². The first-order valence-electron chi connectivity index (χ1n) is 8.13. The van der Waals surface area contributed by atoms with Gasteiger partial charge in [0.25, 0.3) is 0 Å². The van der Waals surface area contributed by atoms with E-state index in [9.17, 15) is 18.8 Å². The lowest BCUT2D eigenvalue weighted by molar-refractivity contribution is -0.140. The molecule has 1 aromatic carbocycles. The number of allylic oxidation sites excluding steroid dienone is 2.